The number of hydrogen-bond donors (Lipinski definition) is 1. The first-order chi connectivity index (χ1) is 10.8. The van der Waals surface area contributed by atoms with Gasteiger partial charge >= 0.3 is 0 Å². The van der Waals surface area contributed by atoms with Gasteiger partial charge in [0, 0.05) is 31.1 Å². The molecule has 1 saturated heterocycles. The van der Waals surface area contributed by atoms with Gasteiger partial charge in [-0.15, -0.1) is 0 Å². The van der Waals surface area contributed by atoms with E-state index in [1.54, 1.807) is 0 Å². The van der Waals surface area contributed by atoms with E-state index in [0.29, 0.717) is 5.92 Å². The van der Waals surface area contributed by atoms with Crippen LogP contribution in [-0.2, 0) is 6.54 Å². The Kier molecular flexibility index (Phi) is 3.23. The molecule has 2 aromatic rings. The van der Waals surface area contributed by atoms with E-state index in [1.807, 2.05) is 30.3 Å². The second-order valence-corrected chi connectivity index (χ2v) is 6.27. The molecule has 1 amide bonds. The summed E-state index contributed by atoms with van der Waals surface area (Å²) in [5.41, 5.74) is 4.82. The first kappa shape index (κ1) is 13.5. The minimum atomic E-state index is 0.146. The highest BCUT2D eigenvalue weighted by atomic mass is 16.2. The second kappa shape index (κ2) is 5.25. The lowest BCUT2D eigenvalue weighted by Gasteiger charge is -2.39. The van der Waals surface area contributed by atoms with Gasteiger partial charge in [-0.2, -0.15) is 0 Å². The first-order valence-electron chi connectivity index (χ1n) is 7.91. The molecule has 2 aromatic carbocycles. The summed E-state index contributed by atoms with van der Waals surface area (Å²) >= 11 is 0. The molecule has 1 N–H and O–H groups in total. The number of nitrogens with one attached hydrogen (secondary N) is 1. The van der Waals surface area contributed by atoms with E-state index in [0.717, 1.165) is 25.2 Å². The van der Waals surface area contributed by atoms with E-state index < -0.39 is 0 Å². The van der Waals surface area contributed by atoms with E-state index in [-0.39, 0.29) is 11.9 Å². The van der Waals surface area contributed by atoms with Crippen molar-refractivity contribution in [1.29, 1.82) is 0 Å². The van der Waals surface area contributed by atoms with Crippen LogP contribution in [0.1, 0.15) is 33.0 Å². The molecule has 3 nitrogen and oxygen atoms in total. The summed E-state index contributed by atoms with van der Waals surface area (Å²) in [7, 11) is 0. The van der Waals surface area contributed by atoms with E-state index in [2.05, 4.69) is 35.3 Å². The van der Waals surface area contributed by atoms with E-state index in [4.69, 9.17) is 0 Å². The molecular formula is C19H20N2O. The van der Waals surface area contributed by atoms with Gasteiger partial charge in [0.05, 0.1) is 6.04 Å². The molecule has 3 heteroatoms. The van der Waals surface area contributed by atoms with Crippen LogP contribution in [0.5, 0.6) is 0 Å². The molecular weight excluding hydrogens is 272 g/mol. The minimum absolute atomic E-state index is 0.146. The predicted octanol–water partition coefficient (Wildman–Crippen LogP) is 2.71. The van der Waals surface area contributed by atoms with Gasteiger partial charge in [-0.25, -0.2) is 0 Å². The molecule has 22 heavy (non-hydrogen) atoms. The van der Waals surface area contributed by atoms with Gasteiger partial charge in [-0.3, -0.25) is 4.79 Å². The third kappa shape index (κ3) is 2.04. The smallest absolute Gasteiger partial charge is 0.254 e. The second-order valence-electron chi connectivity index (χ2n) is 6.27. The maximum Gasteiger partial charge on any atom is 0.254 e. The molecule has 0 aromatic heterocycles. The van der Waals surface area contributed by atoms with Crippen molar-refractivity contribution >= 4 is 5.91 Å². The molecule has 2 aliphatic heterocycles. The lowest BCUT2D eigenvalue weighted by atomic mass is 9.83. The number of hydrogen-bond acceptors (Lipinski definition) is 2. The fourth-order valence-electron chi connectivity index (χ4n) is 3.85. The minimum Gasteiger partial charge on any atom is -0.329 e. The van der Waals surface area contributed by atoms with Crippen LogP contribution < -0.4 is 5.32 Å². The lowest BCUT2D eigenvalue weighted by molar-refractivity contribution is 0.0639. The number of fused-ring (bicyclic) bond motifs is 3. The zero-order chi connectivity index (χ0) is 15.1. The van der Waals surface area contributed by atoms with Crippen molar-refractivity contribution in [3.63, 3.8) is 0 Å². The Hall–Kier alpha value is -2.13. The van der Waals surface area contributed by atoms with Crippen molar-refractivity contribution in [2.24, 2.45) is 0 Å². The van der Waals surface area contributed by atoms with Crippen LogP contribution in [0.25, 0.3) is 0 Å². The fraction of sp³-hybridized carbons (Fsp3) is 0.316. The third-order valence-corrected chi connectivity index (χ3v) is 5.04. The topological polar surface area (TPSA) is 32.3 Å². The number of carbonyl (C=O) groups excluding carboxylic acids is 1. The Bertz CT molecular complexity index is 711. The predicted molar refractivity (Wildman–Crippen MR) is 86.9 cm³/mol. The maximum absolute atomic E-state index is 13.0. The van der Waals surface area contributed by atoms with Crippen LogP contribution in [0.4, 0.5) is 0 Å². The molecule has 2 atom stereocenters. The summed E-state index contributed by atoms with van der Waals surface area (Å²) in [5, 5.41) is 3.47. The van der Waals surface area contributed by atoms with Gasteiger partial charge in [0.15, 0.2) is 0 Å². The van der Waals surface area contributed by atoms with Crippen LogP contribution in [0.15, 0.2) is 48.5 Å². The van der Waals surface area contributed by atoms with Crippen molar-refractivity contribution in [3.8, 4) is 0 Å². The summed E-state index contributed by atoms with van der Waals surface area (Å²) in [5.74, 6) is 0.560. The molecule has 0 spiro atoms. The Morgan fingerprint density at radius 3 is 2.73 bits per heavy atom. The summed E-state index contributed by atoms with van der Waals surface area (Å²) in [6.45, 7) is 4.71. The van der Waals surface area contributed by atoms with Crippen molar-refractivity contribution in [3.05, 3.63) is 70.8 Å². The highest BCUT2D eigenvalue weighted by Crippen LogP contribution is 2.37. The fourth-order valence-corrected chi connectivity index (χ4v) is 3.85. The van der Waals surface area contributed by atoms with E-state index >= 15 is 0 Å². The zero-order valence-electron chi connectivity index (χ0n) is 12.8. The number of benzene rings is 2. The number of nitrogens with zero attached hydrogens (tertiary/aromatic N) is 1. The van der Waals surface area contributed by atoms with Crippen molar-refractivity contribution in [2.45, 2.75) is 25.4 Å². The van der Waals surface area contributed by atoms with Gasteiger partial charge in [-0.1, -0.05) is 36.4 Å². The van der Waals surface area contributed by atoms with Crippen molar-refractivity contribution < 1.29 is 4.79 Å². The van der Waals surface area contributed by atoms with Crippen LogP contribution in [0.3, 0.4) is 0 Å². The molecule has 0 unspecified atom stereocenters. The quantitative estimate of drug-likeness (QED) is 0.876. The maximum atomic E-state index is 13.0. The monoisotopic (exact) mass is 292 g/mol. The highest BCUT2D eigenvalue weighted by Gasteiger charge is 2.40. The van der Waals surface area contributed by atoms with E-state index in [9.17, 15) is 4.79 Å². The average Bonchev–Trinajstić information content (AvgIpc) is 3.05. The Labute approximate surface area is 131 Å². The highest BCUT2D eigenvalue weighted by molar-refractivity contribution is 5.94. The summed E-state index contributed by atoms with van der Waals surface area (Å²) in [4.78, 5) is 15.0. The van der Waals surface area contributed by atoms with Crippen LogP contribution in [0.2, 0.25) is 0 Å². The molecule has 0 bridgehead atoms. The van der Waals surface area contributed by atoms with Gasteiger partial charge in [0.25, 0.3) is 5.91 Å². The Morgan fingerprint density at radius 2 is 1.91 bits per heavy atom. The van der Waals surface area contributed by atoms with Crippen LogP contribution in [0, 0.1) is 6.92 Å². The molecule has 2 heterocycles. The molecule has 0 aliphatic carbocycles. The summed E-state index contributed by atoms with van der Waals surface area (Å²) in [6, 6.07) is 16.4. The van der Waals surface area contributed by atoms with Crippen molar-refractivity contribution in [1.82, 2.24) is 10.2 Å². The number of amides is 1. The molecule has 1 fully saturated rings. The molecule has 0 radical (unpaired) electrons. The Morgan fingerprint density at radius 1 is 1.09 bits per heavy atom. The largest absolute Gasteiger partial charge is 0.329 e. The van der Waals surface area contributed by atoms with Gasteiger partial charge in [0.2, 0.25) is 0 Å². The van der Waals surface area contributed by atoms with Gasteiger partial charge < -0.3 is 10.2 Å². The molecule has 0 saturated carbocycles. The normalized spacial score (nSPS) is 23.0. The standard InChI is InChI=1S/C19H20N2O/c1-13-6-5-9-15-16-10-20-11-18(16)21(12-17(13)15)19(22)14-7-3-2-4-8-14/h2-9,16,18,20H,10-12H2,1H3/t16-,18+/m1/s1. The SMILES string of the molecule is Cc1cccc2c1CN(C(=O)c1ccccc1)[C@H]1CNC[C@H]21. The van der Waals surface area contributed by atoms with Crippen LogP contribution >= 0.6 is 0 Å². The molecule has 2 aliphatic rings. The van der Waals surface area contributed by atoms with Gasteiger partial charge in [0.1, 0.15) is 0 Å². The Balaban J connectivity index is 1.75. The number of rotatable bonds is 1. The lowest BCUT2D eigenvalue weighted by Crippen LogP contribution is -2.47. The van der Waals surface area contributed by atoms with Crippen molar-refractivity contribution in [2.75, 3.05) is 13.1 Å². The summed E-state index contributed by atoms with van der Waals surface area (Å²) in [6.07, 6.45) is 0. The third-order valence-electron chi connectivity index (χ3n) is 5.04. The average molecular weight is 292 g/mol. The van der Waals surface area contributed by atoms with Gasteiger partial charge in [-0.05, 0) is 35.7 Å². The van der Waals surface area contributed by atoms with Crippen LogP contribution in [-0.4, -0.2) is 29.9 Å². The molecule has 4 rings (SSSR count). The summed E-state index contributed by atoms with van der Waals surface area (Å²) < 4.78 is 0. The molecule has 112 valence electrons. The number of carbonyl (C=O) groups is 1. The number of aryl methyl sites for hydroxylation is 1. The zero-order valence-corrected chi connectivity index (χ0v) is 12.8. The van der Waals surface area contributed by atoms with E-state index in [1.165, 1.54) is 16.7 Å². The first-order valence-corrected chi connectivity index (χ1v) is 7.91.